The van der Waals surface area contributed by atoms with Gasteiger partial charge in [0, 0.05) is 26.1 Å². The van der Waals surface area contributed by atoms with Crippen molar-refractivity contribution in [3.63, 3.8) is 0 Å². The molecule has 0 aromatic rings. The number of carbonyl (C=O) groups is 3. The molecule has 0 saturated carbocycles. The van der Waals surface area contributed by atoms with E-state index in [1.54, 1.807) is 0 Å². The molecule has 0 amide bonds. The average Bonchev–Trinajstić information content (AvgIpc) is 3.74. The number of ether oxygens (including phenoxy) is 3. The molecule has 1 aliphatic heterocycles. The first-order valence-electron chi connectivity index (χ1n) is 27.8. The first-order chi connectivity index (χ1) is 32.2. The Morgan fingerprint density at radius 2 is 0.818 bits per heavy atom. The van der Waals surface area contributed by atoms with Crippen LogP contribution in [0.5, 0.6) is 0 Å². The van der Waals surface area contributed by atoms with Crippen LogP contribution in [0.25, 0.3) is 0 Å². The Balaban J connectivity index is 0.0000208. The Morgan fingerprint density at radius 1 is 0.500 bits per heavy atom. The number of nitrogens with zero attached hydrogens (tertiary/aromatic N) is 2. The van der Waals surface area contributed by atoms with E-state index < -0.39 is 11.8 Å². The van der Waals surface area contributed by atoms with Crippen molar-refractivity contribution in [2.24, 2.45) is 11.8 Å². The van der Waals surface area contributed by atoms with E-state index in [1.807, 2.05) is 27.9 Å². The summed E-state index contributed by atoms with van der Waals surface area (Å²) in [7, 11) is 3.99. The number of unbranched alkanes of at least 4 members (excludes halogenated alkanes) is 16. The quantitative estimate of drug-likeness (QED) is 0.0259. The van der Waals surface area contributed by atoms with E-state index in [2.05, 4.69) is 86.1 Å². The third-order valence-electron chi connectivity index (χ3n) is 12.4. The SMILES string of the molecule is CC.CCCCC/C=C\CCCC(CCC/C=C\CCCCC)OC(=O)C1CN(CCOC(=O)CCCN(C)C)CC1C(=O)OC(CCC/C=C\CCCCC)CCC/C=C\CCCCC. The first-order valence-corrected chi connectivity index (χ1v) is 27.8. The zero-order chi connectivity index (χ0) is 48.7. The molecule has 66 heavy (non-hydrogen) atoms. The first kappa shape index (κ1) is 63.3. The third-order valence-corrected chi connectivity index (χ3v) is 12.4. The summed E-state index contributed by atoms with van der Waals surface area (Å²) in [6, 6.07) is 0. The van der Waals surface area contributed by atoms with Gasteiger partial charge in [0.05, 0.1) is 11.8 Å². The van der Waals surface area contributed by atoms with Crippen molar-refractivity contribution >= 4 is 17.9 Å². The highest BCUT2D eigenvalue weighted by atomic mass is 16.6. The normalized spacial score (nSPS) is 15.6. The predicted molar refractivity (Wildman–Crippen MR) is 282 cm³/mol. The lowest BCUT2D eigenvalue weighted by Gasteiger charge is -2.24. The maximum absolute atomic E-state index is 14.3. The van der Waals surface area contributed by atoms with E-state index in [0.29, 0.717) is 26.1 Å². The minimum absolute atomic E-state index is 0.193. The van der Waals surface area contributed by atoms with Crippen LogP contribution in [0, 0.1) is 11.8 Å². The number of allylic oxidation sites excluding steroid dienone is 8. The van der Waals surface area contributed by atoms with Gasteiger partial charge in [-0.2, -0.15) is 0 Å². The predicted octanol–water partition coefficient (Wildman–Crippen LogP) is 15.5. The van der Waals surface area contributed by atoms with Gasteiger partial charge in [-0.15, -0.1) is 0 Å². The number of likely N-dealkylation sites (tertiary alicyclic amines) is 1. The van der Waals surface area contributed by atoms with Gasteiger partial charge in [0.2, 0.25) is 0 Å². The van der Waals surface area contributed by atoms with Crippen LogP contribution in [0.1, 0.15) is 234 Å². The fourth-order valence-corrected chi connectivity index (χ4v) is 8.32. The fraction of sp³-hybridized carbons (Fsp3) is 0.810. The van der Waals surface area contributed by atoms with Gasteiger partial charge in [0.25, 0.3) is 0 Å². The minimum atomic E-state index is -0.625. The highest BCUT2D eigenvalue weighted by Gasteiger charge is 2.44. The summed E-state index contributed by atoms with van der Waals surface area (Å²) in [4.78, 5) is 45.3. The molecule has 384 valence electrons. The second-order valence-corrected chi connectivity index (χ2v) is 18.8. The molecule has 0 bridgehead atoms. The van der Waals surface area contributed by atoms with Gasteiger partial charge >= 0.3 is 17.9 Å². The van der Waals surface area contributed by atoms with Crippen molar-refractivity contribution in [1.29, 1.82) is 0 Å². The van der Waals surface area contributed by atoms with Crippen LogP contribution in [-0.2, 0) is 28.6 Å². The Bertz CT molecular complexity index is 1110. The van der Waals surface area contributed by atoms with Gasteiger partial charge in [0.15, 0.2) is 0 Å². The molecule has 0 aliphatic carbocycles. The van der Waals surface area contributed by atoms with Gasteiger partial charge in [0.1, 0.15) is 18.8 Å². The molecule has 0 spiro atoms. The zero-order valence-corrected chi connectivity index (χ0v) is 44.5. The van der Waals surface area contributed by atoms with Crippen LogP contribution in [0.3, 0.4) is 0 Å². The van der Waals surface area contributed by atoms with E-state index in [9.17, 15) is 14.4 Å². The van der Waals surface area contributed by atoms with E-state index in [-0.39, 0.29) is 36.7 Å². The molecule has 1 heterocycles. The van der Waals surface area contributed by atoms with Crippen molar-refractivity contribution in [2.45, 2.75) is 246 Å². The number of carbonyl (C=O) groups excluding carboxylic acids is 3. The summed E-state index contributed by atoms with van der Waals surface area (Å²) < 4.78 is 18.5. The van der Waals surface area contributed by atoms with E-state index in [4.69, 9.17) is 14.2 Å². The highest BCUT2D eigenvalue weighted by molar-refractivity contribution is 5.83. The second-order valence-electron chi connectivity index (χ2n) is 18.8. The molecule has 2 unspecified atom stereocenters. The van der Waals surface area contributed by atoms with Crippen molar-refractivity contribution < 1.29 is 28.6 Å². The molecule has 1 aliphatic rings. The number of esters is 3. The van der Waals surface area contributed by atoms with Gasteiger partial charge in [-0.25, -0.2) is 0 Å². The van der Waals surface area contributed by atoms with E-state index in [1.165, 1.54) is 77.0 Å². The van der Waals surface area contributed by atoms with Crippen LogP contribution in [0.15, 0.2) is 48.6 Å². The lowest BCUT2D eigenvalue weighted by Crippen LogP contribution is -2.35. The lowest BCUT2D eigenvalue weighted by atomic mass is 9.95. The lowest BCUT2D eigenvalue weighted by molar-refractivity contribution is -0.165. The van der Waals surface area contributed by atoms with Crippen LogP contribution in [0.2, 0.25) is 0 Å². The number of rotatable bonds is 43. The molecular weight excluding hydrogens is 821 g/mol. The van der Waals surface area contributed by atoms with Crippen molar-refractivity contribution in [2.75, 3.05) is 46.9 Å². The van der Waals surface area contributed by atoms with Crippen molar-refractivity contribution in [3.05, 3.63) is 48.6 Å². The Hall–Kier alpha value is -2.71. The molecule has 1 fully saturated rings. The monoisotopic (exact) mass is 927 g/mol. The molecule has 0 N–H and O–H groups in total. The summed E-state index contributed by atoms with van der Waals surface area (Å²) in [6.07, 6.45) is 49.4. The molecular formula is C58H106N2O6. The summed E-state index contributed by atoms with van der Waals surface area (Å²) in [5, 5.41) is 0. The number of hydrogen-bond acceptors (Lipinski definition) is 8. The van der Waals surface area contributed by atoms with Gasteiger partial charge < -0.3 is 19.1 Å². The molecule has 8 nitrogen and oxygen atoms in total. The van der Waals surface area contributed by atoms with Crippen molar-refractivity contribution in [3.8, 4) is 0 Å². The Morgan fingerprint density at radius 3 is 1.12 bits per heavy atom. The highest BCUT2D eigenvalue weighted by Crippen LogP contribution is 2.29. The summed E-state index contributed by atoms with van der Waals surface area (Å²) in [5.41, 5.74) is 0. The Kier molecular flexibility index (Phi) is 45.4. The fourth-order valence-electron chi connectivity index (χ4n) is 8.32. The molecule has 0 aromatic carbocycles. The van der Waals surface area contributed by atoms with Crippen LogP contribution in [-0.4, -0.2) is 86.8 Å². The Labute approximate surface area is 408 Å². The maximum Gasteiger partial charge on any atom is 0.311 e. The molecule has 0 radical (unpaired) electrons. The third kappa shape index (κ3) is 37.3. The maximum atomic E-state index is 14.3. The van der Waals surface area contributed by atoms with Gasteiger partial charge in [-0.05, 0) is 155 Å². The summed E-state index contributed by atoms with van der Waals surface area (Å²) in [6.45, 7) is 15.2. The standard InChI is InChI=1S/C56H100N2O6.C2H6/c1-7-11-15-19-23-27-31-35-40-50(41-36-32-28-24-20-16-12-8-2)63-55(60)52-48-58(46-47-62-54(59)44-39-45-57(5)6)49-53(52)56(61)64-51(42-37-33-29-25-21-17-13-9-3)43-38-34-30-26-22-18-14-10-4;1-2/h23-30,50-53H,7-22,31-49H2,1-6H3;1-2H3/b27-23-,28-24-,29-25-,30-26-;. The van der Waals surface area contributed by atoms with Gasteiger partial charge in [-0.1, -0.05) is 142 Å². The topological polar surface area (TPSA) is 85.4 Å². The largest absolute Gasteiger partial charge is 0.464 e. The molecule has 0 aromatic heterocycles. The molecule has 8 heteroatoms. The van der Waals surface area contributed by atoms with Crippen LogP contribution < -0.4 is 0 Å². The van der Waals surface area contributed by atoms with E-state index in [0.717, 1.165) is 116 Å². The molecule has 2 atom stereocenters. The second kappa shape index (κ2) is 47.4. The van der Waals surface area contributed by atoms with E-state index >= 15 is 0 Å². The molecule has 1 saturated heterocycles. The number of hydrogen-bond donors (Lipinski definition) is 0. The van der Waals surface area contributed by atoms with Gasteiger partial charge in [-0.3, -0.25) is 19.3 Å². The zero-order valence-electron chi connectivity index (χ0n) is 44.5. The summed E-state index contributed by atoms with van der Waals surface area (Å²) >= 11 is 0. The van der Waals surface area contributed by atoms with Crippen LogP contribution in [0.4, 0.5) is 0 Å². The smallest absolute Gasteiger partial charge is 0.311 e. The van der Waals surface area contributed by atoms with Crippen molar-refractivity contribution in [1.82, 2.24) is 9.80 Å². The van der Waals surface area contributed by atoms with Crippen LogP contribution >= 0.6 is 0 Å². The average molecular weight is 927 g/mol. The summed E-state index contributed by atoms with van der Waals surface area (Å²) in [5.74, 6) is -2.05. The minimum Gasteiger partial charge on any atom is -0.464 e. The molecule has 1 rings (SSSR count).